The molecule has 0 saturated heterocycles. The van der Waals surface area contributed by atoms with Gasteiger partial charge in [-0.1, -0.05) is 66.6 Å². The van der Waals surface area contributed by atoms with Crippen LogP contribution in [0.25, 0.3) is 21.7 Å². The Morgan fingerprint density at radius 3 is 2.62 bits per heavy atom. The summed E-state index contributed by atoms with van der Waals surface area (Å²) in [4.78, 5) is 12.4. The molecule has 4 nitrogen and oxygen atoms in total. The zero-order valence-corrected chi connectivity index (χ0v) is 16.2. The van der Waals surface area contributed by atoms with Crippen LogP contribution in [0.3, 0.4) is 0 Å². The molecule has 1 amide bonds. The Hall–Kier alpha value is -3.84. The molecule has 4 rings (SSSR count). The Morgan fingerprint density at radius 1 is 1.07 bits per heavy atom. The highest BCUT2D eigenvalue weighted by atomic mass is 16.2. The summed E-state index contributed by atoms with van der Waals surface area (Å²) in [6.45, 7) is 2.50. The minimum atomic E-state index is -0.150. The third-order valence-corrected chi connectivity index (χ3v) is 5.14. The fourth-order valence-corrected chi connectivity index (χ4v) is 3.74. The van der Waals surface area contributed by atoms with E-state index in [4.69, 9.17) is 6.42 Å². The van der Waals surface area contributed by atoms with Crippen LogP contribution < -0.4 is 5.43 Å². The number of carbonyl (C=O) groups is 1. The molecule has 0 fully saturated rings. The summed E-state index contributed by atoms with van der Waals surface area (Å²) in [5.74, 6) is 2.54. The molecule has 0 aliphatic rings. The number of hydrogen-bond acceptors (Lipinski definition) is 2. The maximum atomic E-state index is 12.4. The molecule has 4 heteroatoms. The number of carbonyl (C=O) groups excluding carboxylic acids is 1. The molecule has 0 atom stereocenters. The molecule has 0 radical (unpaired) electrons. The van der Waals surface area contributed by atoms with Crippen LogP contribution in [0.15, 0.2) is 71.8 Å². The molecule has 0 saturated carbocycles. The van der Waals surface area contributed by atoms with Crippen molar-refractivity contribution >= 4 is 33.8 Å². The number of aromatic nitrogens is 1. The molecule has 1 heterocycles. The van der Waals surface area contributed by atoms with E-state index in [1.807, 2.05) is 73.7 Å². The predicted octanol–water partition coefficient (Wildman–Crippen LogP) is 4.43. The normalized spacial score (nSPS) is 11.2. The molecule has 29 heavy (non-hydrogen) atoms. The van der Waals surface area contributed by atoms with Crippen LogP contribution in [0.1, 0.15) is 16.8 Å². The van der Waals surface area contributed by atoms with Crippen molar-refractivity contribution in [2.24, 2.45) is 5.10 Å². The van der Waals surface area contributed by atoms with E-state index in [1.165, 1.54) is 0 Å². The third-order valence-electron chi connectivity index (χ3n) is 5.14. The van der Waals surface area contributed by atoms with Crippen molar-refractivity contribution in [2.75, 3.05) is 0 Å². The lowest BCUT2D eigenvalue weighted by Crippen LogP contribution is -2.20. The van der Waals surface area contributed by atoms with Gasteiger partial charge in [0.15, 0.2) is 0 Å². The fourth-order valence-electron chi connectivity index (χ4n) is 3.74. The molecule has 4 aromatic rings. The van der Waals surface area contributed by atoms with E-state index in [1.54, 1.807) is 6.21 Å². The Morgan fingerprint density at radius 2 is 1.79 bits per heavy atom. The van der Waals surface area contributed by atoms with E-state index < -0.39 is 0 Å². The maximum absolute atomic E-state index is 12.4. The Labute approximate surface area is 169 Å². The van der Waals surface area contributed by atoms with Gasteiger partial charge in [0.25, 0.3) is 0 Å². The van der Waals surface area contributed by atoms with Crippen LogP contribution in [-0.4, -0.2) is 16.7 Å². The van der Waals surface area contributed by atoms with E-state index in [9.17, 15) is 4.79 Å². The second-order valence-corrected chi connectivity index (χ2v) is 6.91. The maximum Gasteiger partial charge on any atom is 0.244 e. The number of hydrogen-bond donors (Lipinski definition) is 1. The number of terminal acetylenes is 1. The fraction of sp³-hybridized carbons (Fsp3) is 0.120. The van der Waals surface area contributed by atoms with E-state index in [0.29, 0.717) is 6.54 Å². The number of nitrogens with zero attached hydrogens (tertiary/aromatic N) is 2. The van der Waals surface area contributed by atoms with Gasteiger partial charge in [0.05, 0.1) is 19.2 Å². The first kappa shape index (κ1) is 18.5. The smallest absolute Gasteiger partial charge is 0.244 e. The summed E-state index contributed by atoms with van der Waals surface area (Å²) in [5, 5.41) is 7.48. The second-order valence-electron chi connectivity index (χ2n) is 6.91. The number of benzene rings is 3. The third kappa shape index (κ3) is 3.63. The molecule has 1 aromatic heterocycles. The molecular formula is C25H21N3O. The summed E-state index contributed by atoms with van der Waals surface area (Å²) in [6.07, 6.45) is 7.50. The topological polar surface area (TPSA) is 46.4 Å². The second kappa shape index (κ2) is 8.04. The highest BCUT2D eigenvalue weighted by Gasteiger charge is 2.12. The van der Waals surface area contributed by atoms with Crippen LogP contribution >= 0.6 is 0 Å². The monoisotopic (exact) mass is 379 g/mol. The molecule has 3 aromatic carbocycles. The van der Waals surface area contributed by atoms with Gasteiger partial charge >= 0.3 is 0 Å². The van der Waals surface area contributed by atoms with Gasteiger partial charge in [-0.05, 0) is 29.3 Å². The highest BCUT2D eigenvalue weighted by Crippen LogP contribution is 2.24. The van der Waals surface area contributed by atoms with Crippen LogP contribution in [0.2, 0.25) is 0 Å². The zero-order chi connectivity index (χ0) is 20.2. The number of rotatable bonds is 5. The SMILES string of the molecule is C#CCn1c(C)c(/C=N\NC(=O)Cc2cccc3ccccc23)c2ccccc21. The van der Waals surface area contributed by atoms with Gasteiger partial charge in [-0.2, -0.15) is 5.10 Å². The summed E-state index contributed by atoms with van der Waals surface area (Å²) >= 11 is 0. The van der Waals surface area contributed by atoms with E-state index in [0.717, 1.165) is 38.5 Å². The predicted molar refractivity (Wildman–Crippen MR) is 119 cm³/mol. The van der Waals surface area contributed by atoms with Gasteiger partial charge in [0, 0.05) is 22.2 Å². The zero-order valence-electron chi connectivity index (χ0n) is 16.2. The molecular weight excluding hydrogens is 358 g/mol. The Balaban J connectivity index is 1.54. The first-order chi connectivity index (χ1) is 14.2. The van der Waals surface area contributed by atoms with Crippen molar-refractivity contribution in [3.05, 3.63) is 83.6 Å². The minimum Gasteiger partial charge on any atom is -0.333 e. The number of hydrazone groups is 1. The first-order valence-corrected chi connectivity index (χ1v) is 9.49. The first-order valence-electron chi connectivity index (χ1n) is 9.49. The van der Waals surface area contributed by atoms with E-state index >= 15 is 0 Å². The lowest BCUT2D eigenvalue weighted by atomic mass is 10.0. The number of nitrogens with one attached hydrogen (secondary N) is 1. The average molecular weight is 379 g/mol. The molecule has 1 N–H and O–H groups in total. The highest BCUT2D eigenvalue weighted by molar-refractivity contribution is 6.01. The molecule has 0 bridgehead atoms. The average Bonchev–Trinajstić information content (AvgIpc) is 3.00. The van der Waals surface area contributed by atoms with E-state index in [2.05, 4.69) is 21.0 Å². The van der Waals surface area contributed by atoms with Crippen molar-refractivity contribution in [1.29, 1.82) is 0 Å². The molecule has 0 aliphatic heterocycles. The summed E-state index contributed by atoms with van der Waals surface area (Å²) in [7, 11) is 0. The van der Waals surface area contributed by atoms with Crippen molar-refractivity contribution in [2.45, 2.75) is 19.9 Å². The molecule has 142 valence electrons. The summed E-state index contributed by atoms with van der Waals surface area (Å²) < 4.78 is 2.08. The van der Waals surface area contributed by atoms with Crippen LogP contribution in [-0.2, 0) is 17.8 Å². The lowest BCUT2D eigenvalue weighted by Gasteiger charge is -2.05. The van der Waals surface area contributed by atoms with Gasteiger partial charge in [0.2, 0.25) is 5.91 Å². The Kier molecular flexibility index (Phi) is 5.13. The molecule has 0 aliphatic carbocycles. The van der Waals surface area contributed by atoms with Crippen molar-refractivity contribution in [1.82, 2.24) is 9.99 Å². The number of para-hydroxylation sites is 1. The largest absolute Gasteiger partial charge is 0.333 e. The van der Waals surface area contributed by atoms with Crippen molar-refractivity contribution in [3.8, 4) is 12.3 Å². The Bertz CT molecular complexity index is 1270. The number of fused-ring (bicyclic) bond motifs is 2. The van der Waals surface area contributed by atoms with Crippen LogP contribution in [0.5, 0.6) is 0 Å². The quantitative estimate of drug-likeness (QED) is 0.311. The summed E-state index contributed by atoms with van der Waals surface area (Å²) in [6, 6.07) is 22.1. The van der Waals surface area contributed by atoms with Gasteiger partial charge in [-0.3, -0.25) is 4.79 Å². The number of amides is 1. The summed E-state index contributed by atoms with van der Waals surface area (Å²) in [5.41, 5.74) is 6.69. The molecule has 0 spiro atoms. The standard InChI is InChI=1S/C25H21N3O/c1-3-15-28-18(2)23(22-13-6-7-14-24(22)28)17-26-27-25(29)16-20-11-8-10-19-9-4-5-12-21(19)20/h1,4-14,17H,15-16H2,2H3,(H,27,29)/b26-17-. The van der Waals surface area contributed by atoms with Gasteiger partial charge in [0.1, 0.15) is 0 Å². The van der Waals surface area contributed by atoms with Crippen molar-refractivity contribution in [3.63, 3.8) is 0 Å². The van der Waals surface area contributed by atoms with Crippen LogP contribution in [0.4, 0.5) is 0 Å². The van der Waals surface area contributed by atoms with Crippen molar-refractivity contribution < 1.29 is 4.79 Å². The lowest BCUT2D eigenvalue weighted by molar-refractivity contribution is -0.120. The van der Waals surface area contributed by atoms with Gasteiger partial charge in [-0.25, -0.2) is 5.43 Å². The van der Waals surface area contributed by atoms with Gasteiger partial charge in [-0.15, -0.1) is 6.42 Å². The molecule has 0 unspecified atom stereocenters. The minimum absolute atomic E-state index is 0.150. The van der Waals surface area contributed by atoms with Gasteiger partial charge < -0.3 is 4.57 Å². The van der Waals surface area contributed by atoms with E-state index in [-0.39, 0.29) is 12.3 Å². The van der Waals surface area contributed by atoms with Crippen LogP contribution in [0, 0.1) is 19.3 Å².